The molecule has 0 bridgehead atoms. The molecule has 0 spiro atoms. The van der Waals surface area contributed by atoms with Crippen molar-refractivity contribution in [3.8, 4) is 0 Å². The lowest BCUT2D eigenvalue weighted by atomic mass is 10.2. The Morgan fingerprint density at radius 1 is 1.07 bits per heavy atom. The Morgan fingerprint density at radius 2 is 1.67 bits per heavy atom. The number of rotatable bonds is 7. The molecule has 0 heterocycles. The maximum absolute atomic E-state index is 12.1. The topological polar surface area (TPSA) is 113 Å². The van der Waals surface area contributed by atoms with E-state index in [4.69, 9.17) is 16.7 Å². The highest BCUT2D eigenvalue weighted by Crippen LogP contribution is 2.15. The van der Waals surface area contributed by atoms with Crippen LogP contribution in [0.25, 0.3) is 6.08 Å². The Kier molecular flexibility index (Phi) is 6.73. The Morgan fingerprint density at radius 3 is 2.22 bits per heavy atom. The molecule has 1 amide bonds. The molecule has 2 aromatic carbocycles. The summed E-state index contributed by atoms with van der Waals surface area (Å²) in [6.07, 6.45) is 2.95. The first-order valence-corrected chi connectivity index (χ1v) is 9.63. The van der Waals surface area contributed by atoms with Crippen molar-refractivity contribution in [2.24, 2.45) is 0 Å². The summed E-state index contributed by atoms with van der Waals surface area (Å²) in [5.74, 6) is -1.67. The van der Waals surface area contributed by atoms with E-state index in [2.05, 4.69) is 5.32 Å². The van der Waals surface area contributed by atoms with Gasteiger partial charge < -0.3 is 10.4 Å². The van der Waals surface area contributed by atoms with Crippen LogP contribution < -0.4 is 10.0 Å². The minimum atomic E-state index is -3.97. The number of sulfonamides is 1. The number of halogens is 1. The summed E-state index contributed by atoms with van der Waals surface area (Å²) in [5.41, 5.74) is 1.20. The van der Waals surface area contributed by atoms with Gasteiger partial charge in [-0.2, -0.15) is 4.72 Å². The average Bonchev–Trinajstić information content (AvgIpc) is 2.61. The van der Waals surface area contributed by atoms with Crippen molar-refractivity contribution in [1.82, 2.24) is 4.72 Å². The summed E-state index contributed by atoms with van der Waals surface area (Å²) in [5, 5.41) is 12.0. The van der Waals surface area contributed by atoms with Crippen LogP contribution in [-0.4, -0.2) is 31.4 Å². The fourth-order valence-corrected chi connectivity index (χ4v) is 3.32. The van der Waals surface area contributed by atoms with E-state index in [9.17, 15) is 18.0 Å². The summed E-state index contributed by atoms with van der Waals surface area (Å²) in [6, 6.07) is 11.0. The van der Waals surface area contributed by atoms with E-state index in [-0.39, 0.29) is 4.90 Å². The van der Waals surface area contributed by atoms with Crippen molar-refractivity contribution in [3.63, 3.8) is 0 Å². The number of carboxylic acids is 1. The molecule has 0 saturated carbocycles. The quantitative estimate of drug-likeness (QED) is 0.610. The van der Waals surface area contributed by atoms with E-state index in [1.165, 1.54) is 37.3 Å². The lowest BCUT2D eigenvalue weighted by Crippen LogP contribution is -2.38. The number of carbonyl (C=O) groups excluding carboxylic acids is 1. The second kappa shape index (κ2) is 8.81. The number of nitrogens with one attached hydrogen (secondary N) is 2. The molecule has 0 aliphatic heterocycles. The molecule has 0 aromatic heterocycles. The zero-order chi connectivity index (χ0) is 20.0. The smallest absolute Gasteiger partial charge is 0.321 e. The van der Waals surface area contributed by atoms with E-state index < -0.39 is 27.9 Å². The van der Waals surface area contributed by atoms with Crippen molar-refractivity contribution in [1.29, 1.82) is 0 Å². The summed E-state index contributed by atoms with van der Waals surface area (Å²) >= 11 is 5.79. The molecule has 7 nitrogen and oxygen atoms in total. The van der Waals surface area contributed by atoms with Crippen molar-refractivity contribution in [3.05, 3.63) is 65.2 Å². The first kappa shape index (κ1) is 20.6. The molecule has 2 rings (SSSR count). The number of benzene rings is 2. The minimum Gasteiger partial charge on any atom is -0.480 e. The van der Waals surface area contributed by atoms with Gasteiger partial charge in [0.25, 0.3) is 0 Å². The average molecular weight is 409 g/mol. The third kappa shape index (κ3) is 6.21. The van der Waals surface area contributed by atoms with E-state index in [0.29, 0.717) is 10.7 Å². The largest absolute Gasteiger partial charge is 0.480 e. The van der Waals surface area contributed by atoms with Gasteiger partial charge in [-0.05, 0) is 55.0 Å². The number of amides is 1. The molecule has 1 atom stereocenters. The maximum Gasteiger partial charge on any atom is 0.321 e. The van der Waals surface area contributed by atoms with Crippen LogP contribution in [0.2, 0.25) is 5.02 Å². The molecule has 0 radical (unpaired) electrons. The van der Waals surface area contributed by atoms with Gasteiger partial charge in [0.15, 0.2) is 0 Å². The molecule has 0 aliphatic rings. The molecule has 0 unspecified atom stereocenters. The Hall–Kier alpha value is -2.68. The first-order chi connectivity index (χ1) is 12.7. The van der Waals surface area contributed by atoms with Crippen LogP contribution in [0.5, 0.6) is 0 Å². The second-order valence-corrected chi connectivity index (χ2v) is 7.73. The van der Waals surface area contributed by atoms with E-state index >= 15 is 0 Å². The van der Waals surface area contributed by atoms with Crippen LogP contribution in [0.15, 0.2) is 59.5 Å². The SMILES string of the molecule is C[C@H](NS(=O)(=O)c1ccc(NC(=O)/C=C/c2ccc(Cl)cc2)cc1)C(=O)O. The van der Waals surface area contributed by atoms with Crippen LogP contribution in [-0.2, 0) is 19.6 Å². The first-order valence-electron chi connectivity index (χ1n) is 7.77. The van der Waals surface area contributed by atoms with Crippen LogP contribution in [0.1, 0.15) is 12.5 Å². The number of carbonyl (C=O) groups is 2. The molecule has 2 aromatic rings. The van der Waals surface area contributed by atoms with Crippen molar-refractivity contribution >= 4 is 45.3 Å². The fraction of sp³-hybridized carbons (Fsp3) is 0.111. The van der Waals surface area contributed by atoms with Crippen LogP contribution >= 0.6 is 11.6 Å². The van der Waals surface area contributed by atoms with Crippen LogP contribution in [0.4, 0.5) is 5.69 Å². The Balaban J connectivity index is 2.01. The number of carboxylic acid groups (broad SMARTS) is 1. The lowest BCUT2D eigenvalue weighted by Gasteiger charge is -2.10. The molecule has 142 valence electrons. The van der Waals surface area contributed by atoms with Crippen LogP contribution in [0, 0.1) is 0 Å². The van der Waals surface area contributed by atoms with Crippen molar-refractivity contribution in [2.75, 3.05) is 5.32 Å². The highest BCUT2D eigenvalue weighted by atomic mass is 35.5. The number of hydrogen-bond donors (Lipinski definition) is 3. The summed E-state index contributed by atoms with van der Waals surface area (Å²) < 4.78 is 26.2. The predicted molar refractivity (Wildman–Crippen MR) is 103 cm³/mol. The van der Waals surface area contributed by atoms with E-state index in [0.717, 1.165) is 5.56 Å². The molecule has 0 fully saturated rings. The van der Waals surface area contributed by atoms with Gasteiger partial charge in [0, 0.05) is 16.8 Å². The normalized spacial score (nSPS) is 12.7. The zero-order valence-electron chi connectivity index (χ0n) is 14.2. The van der Waals surface area contributed by atoms with Crippen molar-refractivity contribution in [2.45, 2.75) is 17.9 Å². The summed E-state index contributed by atoms with van der Waals surface area (Å²) in [6.45, 7) is 1.22. The van der Waals surface area contributed by atoms with Crippen LogP contribution in [0.3, 0.4) is 0 Å². The van der Waals surface area contributed by atoms with Crippen molar-refractivity contribution < 1.29 is 23.1 Å². The Bertz CT molecular complexity index is 954. The molecular formula is C18H17ClN2O5S. The highest BCUT2D eigenvalue weighted by molar-refractivity contribution is 7.89. The molecule has 9 heteroatoms. The molecule has 0 saturated heterocycles. The van der Waals surface area contributed by atoms with Gasteiger partial charge in [0.2, 0.25) is 15.9 Å². The van der Waals surface area contributed by atoms with Gasteiger partial charge in [0.1, 0.15) is 6.04 Å². The fourth-order valence-electron chi connectivity index (χ4n) is 2.00. The third-order valence-electron chi connectivity index (χ3n) is 3.43. The molecule has 0 aliphatic carbocycles. The predicted octanol–water partition coefficient (Wildman–Crippen LogP) is 2.74. The Labute approximate surface area is 161 Å². The summed E-state index contributed by atoms with van der Waals surface area (Å²) in [4.78, 5) is 22.6. The second-order valence-electron chi connectivity index (χ2n) is 5.58. The standard InChI is InChI=1S/C18H17ClN2O5S/c1-12(18(23)24)21-27(25,26)16-9-7-15(8-10-16)20-17(22)11-4-13-2-5-14(19)6-3-13/h2-12,21H,1H3,(H,20,22)(H,23,24)/b11-4+/t12-/m0/s1. The molecule has 3 N–H and O–H groups in total. The van der Waals surface area contributed by atoms with E-state index in [1.807, 2.05) is 4.72 Å². The number of hydrogen-bond acceptors (Lipinski definition) is 4. The molecule has 27 heavy (non-hydrogen) atoms. The zero-order valence-corrected chi connectivity index (χ0v) is 15.8. The van der Waals surface area contributed by atoms with Gasteiger partial charge in [0.05, 0.1) is 4.90 Å². The van der Waals surface area contributed by atoms with Gasteiger partial charge >= 0.3 is 5.97 Å². The van der Waals surface area contributed by atoms with E-state index in [1.54, 1.807) is 30.3 Å². The van der Waals surface area contributed by atoms with Gasteiger partial charge in [-0.15, -0.1) is 0 Å². The third-order valence-corrected chi connectivity index (χ3v) is 5.24. The number of aliphatic carboxylic acids is 1. The molecular weight excluding hydrogens is 392 g/mol. The van der Waals surface area contributed by atoms with Gasteiger partial charge in [-0.25, -0.2) is 8.42 Å². The number of anilines is 1. The lowest BCUT2D eigenvalue weighted by molar-refractivity contribution is -0.138. The van der Waals surface area contributed by atoms with Gasteiger partial charge in [-0.3, -0.25) is 9.59 Å². The van der Waals surface area contributed by atoms with Gasteiger partial charge in [-0.1, -0.05) is 23.7 Å². The highest BCUT2D eigenvalue weighted by Gasteiger charge is 2.21. The monoisotopic (exact) mass is 408 g/mol. The summed E-state index contributed by atoms with van der Waals surface area (Å²) in [7, 11) is -3.97. The maximum atomic E-state index is 12.1. The minimum absolute atomic E-state index is 0.106.